The van der Waals surface area contributed by atoms with Gasteiger partial charge in [0.25, 0.3) is 0 Å². The van der Waals surface area contributed by atoms with Gasteiger partial charge in [-0.3, -0.25) is 0 Å². The number of hydrogen-bond donors (Lipinski definition) is 0. The van der Waals surface area contributed by atoms with E-state index in [1.54, 1.807) is 22.9 Å². The molecule has 0 amide bonds. The summed E-state index contributed by atoms with van der Waals surface area (Å²) in [6.07, 6.45) is -6.80. The van der Waals surface area contributed by atoms with E-state index in [4.69, 9.17) is 0 Å². The molecule has 0 fully saturated rings. The quantitative estimate of drug-likeness (QED) is 0.134. The lowest BCUT2D eigenvalue weighted by Crippen LogP contribution is -2.53. The van der Waals surface area contributed by atoms with Crippen molar-refractivity contribution in [3.63, 3.8) is 0 Å². The second-order valence-corrected chi connectivity index (χ2v) is 11.2. The summed E-state index contributed by atoms with van der Waals surface area (Å²) in [7, 11) is 0. The largest absolute Gasteiger partial charge is 0.417 e. The molecule has 3 aromatic carbocycles. The van der Waals surface area contributed by atoms with E-state index in [0.29, 0.717) is 23.0 Å². The summed E-state index contributed by atoms with van der Waals surface area (Å²) in [4.78, 5) is 0. The van der Waals surface area contributed by atoms with E-state index in [0.717, 1.165) is 22.4 Å². The fourth-order valence-electron chi connectivity index (χ4n) is 7.06. The molecule has 5 aromatic rings. The van der Waals surface area contributed by atoms with Crippen LogP contribution in [0.5, 0.6) is 0 Å². The zero-order valence-corrected chi connectivity index (χ0v) is 23.3. The van der Waals surface area contributed by atoms with Gasteiger partial charge in [-0.25, -0.2) is 0 Å². The molecule has 0 saturated carbocycles. The van der Waals surface area contributed by atoms with Crippen molar-refractivity contribution in [1.82, 2.24) is 0 Å². The first kappa shape index (κ1) is 28.1. The van der Waals surface area contributed by atoms with Crippen molar-refractivity contribution in [3.05, 3.63) is 138 Å². The van der Waals surface area contributed by atoms with Gasteiger partial charge in [-0.1, -0.05) is 48.5 Å². The predicted molar refractivity (Wildman–Crippen MR) is 155 cm³/mol. The Labute approximate surface area is 250 Å². The van der Waals surface area contributed by atoms with E-state index in [1.807, 2.05) is 79.0 Å². The Bertz CT molecular complexity index is 1920. The fraction of sp³-hybridized carbons (Fsp3) is 0.167. The van der Waals surface area contributed by atoms with Gasteiger partial charge in [-0.05, 0) is 66.4 Å². The van der Waals surface area contributed by atoms with Crippen LogP contribution < -0.4 is 9.13 Å². The Morgan fingerprint density at radius 2 is 1.36 bits per heavy atom. The standard InChI is InChI=1S/C36H26F6N2/c1-22-33-28(25-12-5-6-13-26(25)31-15-7-8-20-44(31)33)17-16-27-29(18-19-30(35(37,38)39)32(27)36(40,41)42)34-24(14-9-21-43(22)34)23-10-3-2-4-11-23/h2-15,18-21,28,33H,1,16-17H2/q+2. The molecule has 0 radical (unpaired) electrons. The Balaban J connectivity index is 1.60. The van der Waals surface area contributed by atoms with Crippen molar-refractivity contribution in [2.75, 3.05) is 0 Å². The Hall–Kier alpha value is -4.72. The van der Waals surface area contributed by atoms with Crippen LogP contribution in [0, 0.1) is 0 Å². The summed E-state index contributed by atoms with van der Waals surface area (Å²) in [5.74, 6) is -0.360. The highest BCUT2D eigenvalue weighted by Crippen LogP contribution is 2.49. The first-order valence-corrected chi connectivity index (χ1v) is 14.2. The van der Waals surface area contributed by atoms with E-state index in [2.05, 4.69) is 11.1 Å². The molecule has 0 bridgehead atoms. The van der Waals surface area contributed by atoms with Gasteiger partial charge in [0.2, 0.25) is 23.1 Å². The number of hydrogen-bond acceptors (Lipinski definition) is 0. The molecule has 2 aromatic heterocycles. The minimum absolute atomic E-state index is 0.108. The molecule has 2 aliphatic heterocycles. The topological polar surface area (TPSA) is 7.76 Å². The molecule has 220 valence electrons. The minimum atomic E-state index is -5.24. The van der Waals surface area contributed by atoms with Crippen LogP contribution in [0.3, 0.4) is 0 Å². The zero-order chi connectivity index (χ0) is 30.8. The van der Waals surface area contributed by atoms with Gasteiger partial charge in [0, 0.05) is 23.8 Å². The molecule has 2 atom stereocenters. The van der Waals surface area contributed by atoms with Gasteiger partial charge < -0.3 is 0 Å². The lowest BCUT2D eigenvalue weighted by molar-refractivity contribution is -0.727. The monoisotopic (exact) mass is 600 g/mol. The van der Waals surface area contributed by atoms with Gasteiger partial charge in [-0.2, -0.15) is 35.5 Å². The highest BCUT2D eigenvalue weighted by atomic mass is 19.4. The first-order chi connectivity index (χ1) is 21.1. The van der Waals surface area contributed by atoms with E-state index < -0.39 is 29.5 Å². The Morgan fingerprint density at radius 3 is 2.11 bits per heavy atom. The smallest absolute Gasteiger partial charge is 0.184 e. The predicted octanol–water partition coefficient (Wildman–Crippen LogP) is 9.06. The summed E-state index contributed by atoms with van der Waals surface area (Å²) in [6.45, 7) is 4.53. The van der Waals surface area contributed by atoms with Gasteiger partial charge in [-0.15, -0.1) is 0 Å². The number of alkyl halides is 6. The van der Waals surface area contributed by atoms with E-state index in [9.17, 15) is 26.3 Å². The maximum atomic E-state index is 14.8. The van der Waals surface area contributed by atoms with Gasteiger partial charge in [0.05, 0.1) is 28.2 Å². The number of fused-ring (bicyclic) bond motifs is 9. The normalized spacial score (nSPS) is 17.6. The van der Waals surface area contributed by atoms with Crippen LogP contribution in [0.4, 0.5) is 26.3 Å². The third-order valence-corrected chi connectivity index (χ3v) is 8.80. The number of aromatic nitrogens is 2. The van der Waals surface area contributed by atoms with Crippen LogP contribution >= 0.6 is 0 Å². The van der Waals surface area contributed by atoms with E-state index in [1.165, 1.54) is 6.07 Å². The molecule has 2 aliphatic rings. The molecule has 8 heteroatoms. The molecule has 0 aliphatic carbocycles. The first-order valence-electron chi connectivity index (χ1n) is 14.2. The zero-order valence-electron chi connectivity index (χ0n) is 23.3. The average Bonchev–Trinajstić information content (AvgIpc) is 3.06. The number of allylic oxidation sites excluding steroid dienone is 1. The maximum Gasteiger partial charge on any atom is 0.417 e. The van der Waals surface area contributed by atoms with Crippen molar-refractivity contribution in [2.45, 2.75) is 37.2 Å². The number of rotatable bonds is 1. The summed E-state index contributed by atoms with van der Waals surface area (Å²) < 4.78 is 91.0. The van der Waals surface area contributed by atoms with Crippen molar-refractivity contribution in [3.8, 4) is 33.6 Å². The number of halogens is 6. The second-order valence-electron chi connectivity index (χ2n) is 11.2. The fourth-order valence-corrected chi connectivity index (χ4v) is 7.06. The molecule has 2 nitrogen and oxygen atoms in total. The molecular weight excluding hydrogens is 574 g/mol. The Morgan fingerprint density at radius 1 is 0.659 bits per heavy atom. The van der Waals surface area contributed by atoms with E-state index >= 15 is 0 Å². The summed E-state index contributed by atoms with van der Waals surface area (Å²) in [6, 6.07) is 27.6. The SMILES string of the molecule is C=C1C2C(CCc3c(ccc(C(F)(F)F)c3C(F)(F)F)-c3c(-c4ccccc4)ccc[n+]31)c1ccccc1-c1cccc[n+]12. The lowest BCUT2D eigenvalue weighted by atomic mass is 9.78. The van der Waals surface area contributed by atoms with Crippen LogP contribution in [-0.4, -0.2) is 0 Å². The van der Waals surface area contributed by atoms with Crippen LogP contribution in [0.1, 0.15) is 40.6 Å². The van der Waals surface area contributed by atoms with Crippen LogP contribution in [-0.2, 0) is 18.8 Å². The second kappa shape index (κ2) is 10.2. The average molecular weight is 601 g/mol. The summed E-state index contributed by atoms with van der Waals surface area (Å²) >= 11 is 0. The third-order valence-electron chi connectivity index (χ3n) is 8.80. The maximum absolute atomic E-state index is 14.8. The van der Waals surface area contributed by atoms with Crippen LogP contribution in [0.2, 0.25) is 0 Å². The molecule has 0 saturated heterocycles. The van der Waals surface area contributed by atoms with Gasteiger partial charge in [0.15, 0.2) is 12.4 Å². The molecule has 2 unspecified atom stereocenters. The highest BCUT2D eigenvalue weighted by molar-refractivity contribution is 5.82. The van der Waals surface area contributed by atoms with Crippen LogP contribution in [0.15, 0.2) is 116 Å². The highest BCUT2D eigenvalue weighted by Gasteiger charge is 2.50. The van der Waals surface area contributed by atoms with Crippen LogP contribution in [0.25, 0.3) is 39.3 Å². The molecular formula is C36H26F6N2+2. The van der Waals surface area contributed by atoms with Crippen molar-refractivity contribution >= 4 is 5.70 Å². The van der Waals surface area contributed by atoms with Gasteiger partial charge >= 0.3 is 12.4 Å². The molecule has 0 N–H and O–H groups in total. The molecule has 44 heavy (non-hydrogen) atoms. The Kier molecular flexibility index (Phi) is 6.50. The molecule has 4 heterocycles. The summed E-state index contributed by atoms with van der Waals surface area (Å²) in [5.41, 5.74) is 1.53. The van der Waals surface area contributed by atoms with E-state index in [-0.39, 0.29) is 29.9 Å². The lowest BCUT2D eigenvalue weighted by Gasteiger charge is -2.29. The minimum Gasteiger partial charge on any atom is -0.184 e. The molecule has 0 spiro atoms. The number of nitrogens with zero attached hydrogens (tertiary/aromatic N) is 2. The molecule has 7 rings (SSSR count). The van der Waals surface area contributed by atoms with Crippen molar-refractivity contribution in [2.24, 2.45) is 0 Å². The van der Waals surface area contributed by atoms with Crippen molar-refractivity contribution in [1.29, 1.82) is 0 Å². The summed E-state index contributed by atoms with van der Waals surface area (Å²) in [5, 5.41) is 0. The van der Waals surface area contributed by atoms with Crippen molar-refractivity contribution < 1.29 is 35.5 Å². The number of benzene rings is 3. The van der Waals surface area contributed by atoms with Gasteiger partial charge in [0.1, 0.15) is 0 Å². The number of pyridine rings is 2. The third kappa shape index (κ3) is 4.43.